The first kappa shape index (κ1) is 25.3. The van der Waals surface area contributed by atoms with Gasteiger partial charge in [-0.1, -0.05) is 16.1 Å². The molecular weight excluding hydrogens is 490 g/mol. The lowest BCUT2D eigenvalue weighted by molar-refractivity contribution is -0.385. The van der Waals surface area contributed by atoms with Crippen molar-refractivity contribution in [3.8, 4) is 11.5 Å². The van der Waals surface area contributed by atoms with E-state index in [1.807, 2.05) is 0 Å². The highest BCUT2D eigenvalue weighted by Gasteiger charge is 2.33. The maximum Gasteiger partial charge on any atom is 0.416 e. The van der Waals surface area contributed by atoms with Crippen LogP contribution in [0.2, 0.25) is 5.02 Å². The van der Waals surface area contributed by atoms with E-state index in [-0.39, 0.29) is 10.5 Å². The Kier molecular flexibility index (Phi) is 7.29. The molecular formula is C16H12ClF4N3O7S. The molecule has 0 aromatic heterocycles. The highest BCUT2D eigenvalue weighted by atomic mass is 35.5. The van der Waals surface area contributed by atoms with Crippen LogP contribution in [0.25, 0.3) is 0 Å². The Labute approximate surface area is 182 Å². The quantitative estimate of drug-likeness (QED) is 0.348. The summed E-state index contributed by atoms with van der Waals surface area (Å²) in [6.07, 6.45) is -4.89. The predicted molar refractivity (Wildman–Crippen MR) is 101 cm³/mol. The van der Waals surface area contributed by atoms with Gasteiger partial charge < -0.3 is 4.74 Å². The molecule has 0 atom stereocenters. The van der Waals surface area contributed by atoms with E-state index in [1.54, 1.807) is 0 Å². The van der Waals surface area contributed by atoms with Crippen LogP contribution in [0.5, 0.6) is 11.5 Å². The molecule has 2 aromatic carbocycles. The third-order valence-corrected chi connectivity index (χ3v) is 5.32. The van der Waals surface area contributed by atoms with Crippen LogP contribution in [0.4, 0.5) is 23.2 Å². The van der Waals surface area contributed by atoms with Crippen molar-refractivity contribution in [3.05, 3.63) is 62.4 Å². The monoisotopic (exact) mass is 501 g/mol. The largest absolute Gasteiger partial charge is 0.453 e. The Hall–Kier alpha value is -3.01. The molecule has 2 aromatic rings. The standard InChI is InChI=1S/C16H12ClF4N3O7S/c1-23(30-2)32(28,29)22-15(25)10-7-9(3-4-13(10)24(26)27)31-14-11(17)5-8(6-12(14)18)16(19,20)21/h3-7H,1-2H3,(H,22,25). The van der Waals surface area contributed by atoms with E-state index in [1.165, 1.54) is 4.72 Å². The molecule has 0 aliphatic heterocycles. The molecule has 2 rings (SSSR count). The van der Waals surface area contributed by atoms with Gasteiger partial charge in [-0.2, -0.15) is 21.6 Å². The lowest BCUT2D eigenvalue weighted by Crippen LogP contribution is -2.41. The first-order chi connectivity index (χ1) is 14.7. The van der Waals surface area contributed by atoms with Gasteiger partial charge in [-0.3, -0.25) is 19.7 Å². The number of nitro groups is 1. The van der Waals surface area contributed by atoms with Crippen molar-refractivity contribution in [2.45, 2.75) is 6.18 Å². The SMILES string of the molecule is CON(C)S(=O)(=O)NC(=O)c1cc(Oc2c(F)cc(C(F)(F)F)cc2Cl)ccc1[N+](=O)[O-]. The van der Waals surface area contributed by atoms with Crippen LogP contribution in [0, 0.1) is 15.9 Å². The van der Waals surface area contributed by atoms with Crippen molar-refractivity contribution < 1.29 is 45.3 Å². The molecule has 0 bridgehead atoms. The summed E-state index contributed by atoms with van der Waals surface area (Å²) in [5.74, 6) is -4.28. The second-order valence-electron chi connectivity index (χ2n) is 5.83. The molecule has 0 spiro atoms. The molecule has 1 amide bonds. The zero-order valence-electron chi connectivity index (χ0n) is 15.9. The lowest BCUT2D eigenvalue weighted by atomic mass is 10.1. The number of hydrogen-bond donors (Lipinski definition) is 1. The molecule has 1 N–H and O–H groups in total. The van der Waals surface area contributed by atoms with E-state index in [2.05, 4.69) is 4.84 Å². The minimum absolute atomic E-state index is 0.118. The van der Waals surface area contributed by atoms with Crippen molar-refractivity contribution >= 4 is 33.4 Å². The molecule has 0 saturated heterocycles. The number of nitro benzene ring substituents is 1. The molecule has 16 heteroatoms. The highest BCUT2D eigenvalue weighted by Crippen LogP contribution is 2.39. The second kappa shape index (κ2) is 9.23. The molecule has 0 unspecified atom stereocenters. The zero-order chi connectivity index (χ0) is 24.4. The smallest absolute Gasteiger partial charge is 0.416 e. The number of ether oxygens (including phenoxy) is 1. The van der Waals surface area contributed by atoms with Gasteiger partial charge in [-0.15, -0.1) is 0 Å². The lowest BCUT2D eigenvalue weighted by Gasteiger charge is -2.15. The van der Waals surface area contributed by atoms with Gasteiger partial charge in [0.25, 0.3) is 11.6 Å². The molecule has 0 radical (unpaired) electrons. The van der Waals surface area contributed by atoms with Crippen molar-refractivity contribution in [3.63, 3.8) is 0 Å². The number of alkyl halides is 3. The van der Waals surface area contributed by atoms with Crippen LogP contribution in [-0.2, 0) is 21.2 Å². The molecule has 0 heterocycles. The summed E-state index contributed by atoms with van der Waals surface area (Å²) in [5.41, 5.74) is -3.04. The minimum Gasteiger partial charge on any atom is -0.453 e. The number of halogens is 5. The Morgan fingerprint density at radius 1 is 1.25 bits per heavy atom. The van der Waals surface area contributed by atoms with Gasteiger partial charge in [0.1, 0.15) is 11.3 Å². The highest BCUT2D eigenvalue weighted by molar-refractivity contribution is 7.87. The number of nitrogens with one attached hydrogen (secondary N) is 1. The molecule has 0 fully saturated rings. The summed E-state index contributed by atoms with van der Waals surface area (Å²) >= 11 is 5.66. The van der Waals surface area contributed by atoms with Crippen molar-refractivity contribution in [1.82, 2.24) is 9.19 Å². The van der Waals surface area contributed by atoms with Crippen LogP contribution in [0.1, 0.15) is 15.9 Å². The van der Waals surface area contributed by atoms with Gasteiger partial charge >= 0.3 is 16.4 Å². The Bertz CT molecular complexity index is 1150. The molecule has 0 aliphatic carbocycles. The number of carbonyl (C=O) groups is 1. The fourth-order valence-electron chi connectivity index (χ4n) is 2.19. The van der Waals surface area contributed by atoms with E-state index in [0.717, 1.165) is 26.3 Å². The van der Waals surface area contributed by atoms with Crippen LogP contribution < -0.4 is 9.46 Å². The average Bonchev–Trinajstić information content (AvgIpc) is 2.68. The fourth-order valence-corrected chi connectivity index (χ4v) is 3.11. The van der Waals surface area contributed by atoms with E-state index in [9.17, 15) is 40.9 Å². The number of carbonyl (C=O) groups excluding carboxylic acids is 1. The van der Waals surface area contributed by atoms with Crippen LogP contribution in [0.3, 0.4) is 0 Å². The number of benzene rings is 2. The maximum absolute atomic E-state index is 14.1. The number of rotatable bonds is 7. The molecule has 0 saturated carbocycles. The molecule has 174 valence electrons. The van der Waals surface area contributed by atoms with Gasteiger partial charge in [-0.05, 0) is 18.2 Å². The summed E-state index contributed by atoms with van der Waals surface area (Å²) in [5, 5.41) is 10.4. The molecule has 32 heavy (non-hydrogen) atoms. The summed E-state index contributed by atoms with van der Waals surface area (Å²) < 4.78 is 83.1. The Morgan fingerprint density at radius 3 is 2.38 bits per heavy atom. The van der Waals surface area contributed by atoms with Crippen molar-refractivity contribution in [1.29, 1.82) is 0 Å². The average molecular weight is 502 g/mol. The molecule has 10 nitrogen and oxygen atoms in total. The third-order valence-electron chi connectivity index (χ3n) is 3.77. The van der Waals surface area contributed by atoms with Gasteiger partial charge in [0.05, 0.1) is 22.6 Å². The number of nitrogens with zero attached hydrogens (tertiary/aromatic N) is 2. The number of hydrogen-bond acceptors (Lipinski definition) is 7. The summed E-state index contributed by atoms with van der Waals surface area (Å²) in [6.45, 7) is 0. The van der Waals surface area contributed by atoms with Crippen molar-refractivity contribution in [2.75, 3.05) is 14.2 Å². The van der Waals surface area contributed by atoms with Crippen LogP contribution in [0.15, 0.2) is 30.3 Å². The summed E-state index contributed by atoms with van der Waals surface area (Å²) in [7, 11) is -2.64. The number of amides is 1. The normalized spacial score (nSPS) is 12.0. The van der Waals surface area contributed by atoms with Crippen LogP contribution >= 0.6 is 11.6 Å². The predicted octanol–water partition coefficient (Wildman–Crippen LogP) is 3.67. The van der Waals surface area contributed by atoms with Gasteiger partial charge in [0.2, 0.25) is 0 Å². The Balaban J connectivity index is 2.47. The summed E-state index contributed by atoms with van der Waals surface area (Å²) in [4.78, 5) is 27.0. The zero-order valence-corrected chi connectivity index (χ0v) is 17.5. The fraction of sp³-hybridized carbons (Fsp3) is 0.188. The molecule has 0 aliphatic rings. The minimum atomic E-state index is -4.89. The first-order valence-corrected chi connectivity index (χ1v) is 9.86. The van der Waals surface area contributed by atoms with E-state index in [0.29, 0.717) is 12.1 Å². The van der Waals surface area contributed by atoms with Crippen molar-refractivity contribution in [2.24, 2.45) is 0 Å². The van der Waals surface area contributed by atoms with E-state index >= 15 is 0 Å². The second-order valence-corrected chi connectivity index (χ2v) is 7.91. The first-order valence-electron chi connectivity index (χ1n) is 8.05. The summed E-state index contributed by atoms with van der Waals surface area (Å²) in [6, 6.07) is 2.84. The van der Waals surface area contributed by atoms with Crippen LogP contribution in [-0.4, -0.2) is 37.9 Å². The number of hydroxylamine groups is 1. The van der Waals surface area contributed by atoms with Gasteiger partial charge in [0.15, 0.2) is 11.6 Å². The topological polar surface area (TPSA) is 128 Å². The Morgan fingerprint density at radius 2 is 1.88 bits per heavy atom. The third kappa shape index (κ3) is 5.61. The maximum atomic E-state index is 14.1. The van der Waals surface area contributed by atoms with E-state index < -0.39 is 66.4 Å². The van der Waals surface area contributed by atoms with Gasteiger partial charge in [-0.25, -0.2) is 9.11 Å². The van der Waals surface area contributed by atoms with Gasteiger partial charge in [0, 0.05) is 19.2 Å². The van der Waals surface area contributed by atoms with E-state index in [4.69, 9.17) is 16.3 Å².